The first kappa shape index (κ1) is 15.9. The Kier molecular flexibility index (Phi) is 3.45. The highest BCUT2D eigenvalue weighted by atomic mass is 16.6. The Hall–Kier alpha value is -2.63. The molecule has 0 bridgehead atoms. The summed E-state index contributed by atoms with van der Waals surface area (Å²) < 4.78 is 7.41. The maximum absolute atomic E-state index is 13.0. The van der Waals surface area contributed by atoms with Crippen LogP contribution >= 0.6 is 0 Å². The van der Waals surface area contributed by atoms with Gasteiger partial charge in [-0.25, -0.2) is 9.78 Å². The van der Waals surface area contributed by atoms with Gasteiger partial charge in [0.15, 0.2) is 5.69 Å². The highest BCUT2D eigenvalue weighted by molar-refractivity contribution is 5.99. The molecule has 6 heteroatoms. The molecule has 1 aromatic carbocycles. The summed E-state index contributed by atoms with van der Waals surface area (Å²) in [7, 11) is 0. The second-order valence-corrected chi connectivity index (χ2v) is 7.52. The smallest absolute Gasteiger partial charge is 0.359 e. The summed E-state index contributed by atoms with van der Waals surface area (Å²) >= 11 is 0. The number of aromatic nitrogens is 2. The maximum atomic E-state index is 13.0. The summed E-state index contributed by atoms with van der Waals surface area (Å²) in [5.41, 5.74) is 1.86. The van der Waals surface area contributed by atoms with Crippen molar-refractivity contribution in [1.29, 1.82) is 0 Å². The summed E-state index contributed by atoms with van der Waals surface area (Å²) in [6, 6.07) is 7.32. The molecule has 2 aromatic rings. The molecule has 0 saturated carbocycles. The van der Waals surface area contributed by atoms with Crippen molar-refractivity contribution in [2.24, 2.45) is 0 Å². The molecule has 1 aromatic heterocycles. The summed E-state index contributed by atoms with van der Waals surface area (Å²) in [5, 5.41) is 0. The number of ether oxygens (including phenoxy) is 1. The molecule has 130 valence electrons. The SMILES string of the molecule is CC(C)(C)OC(=O)c1ncn2c1[C@H]1CCCN1C(=O)c1ccccc1-2. The average Bonchev–Trinajstić information content (AvgIpc) is 3.17. The molecule has 0 spiro atoms. The minimum Gasteiger partial charge on any atom is -0.455 e. The van der Waals surface area contributed by atoms with Crippen LogP contribution in [0.1, 0.15) is 66.2 Å². The first-order valence-corrected chi connectivity index (χ1v) is 8.58. The molecule has 1 fully saturated rings. The predicted octanol–water partition coefficient (Wildman–Crippen LogP) is 3.12. The zero-order valence-electron chi connectivity index (χ0n) is 14.7. The fourth-order valence-electron chi connectivity index (χ4n) is 3.67. The van der Waals surface area contributed by atoms with Gasteiger partial charge in [-0.2, -0.15) is 0 Å². The Labute approximate surface area is 146 Å². The molecule has 6 nitrogen and oxygen atoms in total. The molecule has 4 rings (SSSR count). The van der Waals surface area contributed by atoms with E-state index in [0.717, 1.165) is 24.2 Å². The number of rotatable bonds is 1. The first-order valence-electron chi connectivity index (χ1n) is 8.58. The number of carbonyl (C=O) groups excluding carboxylic acids is 2. The van der Waals surface area contributed by atoms with Crippen LogP contribution in [0.25, 0.3) is 5.69 Å². The zero-order valence-corrected chi connectivity index (χ0v) is 14.7. The van der Waals surface area contributed by atoms with E-state index in [0.29, 0.717) is 17.8 Å². The van der Waals surface area contributed by atoms with Crippen LogP contribution in [0.5, 0.6) is 0 Å². The molecule has 1 amide bonds. The number of nitrogens with zero attached hydrogens (tertiary/aromatic N) is 3. The third-order valence-electron chi connectivity index (χ3n) is 4.62. The number of hydrogen-bond donors (Lipinski definition) is 0. The van der Waals surface area contributed by atoms with Crippen molar-refractivity contribution in [2.45, 2.75) is 45.3 Å². The Bertz CT molecular complexity index is 863. The summed E-state index contributed by atoms with van der Waals surface area (Å²) in [6.45, 7) is 6.19. The molecule has 0 radical (unpaired) electrons. The fourth-order valence-corrected chi connectivity index (χ4v) is 3.67. The molecular weight excluding hydrogens is 318 g/mol. The van der Waals surface area contributed by atoms with Gasteiger partial charge in [-0.3, -0.25) is 9.36 Å². The van der Waals surface area contributed by atoms with Crippen LogP contribution in [-0.4, -0.2) is 38.5 Å². The van der Waals surface area contributed by atoms with E-state index < -0.39 is 11.6 Å². The average molecular weight is 339 g/mol. The van der Waals surface area contributed by atoms with Gasteiger partial charge in [0.05, 0.1) is 23.0 Å². The third kappa shape index (κ3) is 2.52. The van der Waals surface area contributed by atoms with Gasteiger partial charge in [-0.15, -0.1) is 0 Å². The van der Waals surface area contributed by atoms with Gasteiger partial charge in [0.2, 0.25) is 0 Å². The van der Waals surface area contributed by atoms with E-state index in [-0.39, 0.29) is 11.9 Å². The summed E-state index contributed by atoms with van der Waals surface area (Å²) in [5.74, 6) is -0.433. The number of esters is 1. The number of hydrogen-bond acceptors (Lipinski definition) is 4. The van der Waals surface area contributed by atoms with E-state index in [1.165, 1.54) is 0 Å². The van der Waals surface area contributed by atoms with Gasteiger partial charge in [-0.05, 0) is 45.7 Å². The predicted molar refractivity (Wildman–Crippen MR) is 91.7 cm³/mol. The highest BCUT2D eigenvalue weighted by Crippen LogP contribution is 2.39. The summed E-state index contributed by atoms with van der Waals surface area (Å²) in [6.07, 6.45) is 3.36. The van der Waals surface area contributed by atoms with Crippen LogP contribution in [0.4, 0.5) is 0 Å². The Morgan fingerprint density at radius 3 is 2.80 bits per heavy atom. The van der Waals surface area contributed by atoms with E-state index in [4.69, 9.17) is 4.74 Å². The molecule has 0 aliphatic carbocycles. The maximum Gasteiger partial charge on any atom is 0.359 e. The molecule has 2 aliphatic heterocycles. The van der Waals surface area contributed by atoms with Crippen LogP contribution < -0.4 is 0 Å². The Morgan fingerprint density at radius 1 is 1.28 bits per heavy atom. The summed E-state index contributed by atoms with van der Waals surface area (Å²) in [4.78, 5) is 31.9. The highest BCUT2D eigenvalue weighted by Gasteiger charge is 2.40. The van der Waals surface area contributed by atoms with Gasteiger partial charge < -0.3 is 9.64 Å². The third-order valence-corrected chi connectivity index (χ3v) is 4.62. The topological polar surface area (TPSA) is 64.4 Å². The Morgan fingerprint density at radius 2 is 2.04 bits per heavy atom. The molecule has 1 atom stereocenters. The minimum absolute atomic E-state index is 0.0111. The number of fused-ring (bicyclic) bond motifs is 5. The monoisotopic (exact) mass is 339 g/mol. The number of carbonyl (C=O) groups is 2. The standard InChI is InChI=1S/C19H21N3O3/c1-19(2,3)25-18(24)15-16-14-9-6-10-21(14)17(23)12-7-4-5-8-13(12)22(16)11-20-15/h4-5,7-8,11,14H,6,9-10H2,1-3H3/t14-/m1/s1. The number of amides is 1. The second-order valence-electron chi connectivity index (χ2n) is 7.52. The zero-order chi connectivity index (χ0) is 17.8. The molecule has 25 heavy (non-hydrogen) atoms. The molecule has 2 aliphatic rings. The van der Waals surface area contributed by atoms with Crippen LogP contribution in [-0.2, 0) is 4.74 Å². The van der Waals surface area contributed by atoms with Crippen molar-refractivity contribution in [3.63, 3.8) is 0 Å². The van der Waals surface area contributed by atoms with Crippen molar-refractivity contribution in [3.8, 4) is 5.69 Å². The van der Waals surface area contributed by atoms with Crippen molar-refractivity contribution in [1.82, 2.24) is 14.5 Å². The molecule has 1 saturated heterocycles. The van der Waals surface area contributed by atoms with Crippen LogP contribution in [0.2, 0.25) is 0 Å². The minimum atomic E-state index is -0.596. The lowest BCUT2D eigenvalue weighted by Gasteiger charge is -2.24. The first-order chi connectivity index (χ1) is 11.9. The largest absolute Gasteiger partial charge is 0.455 e. The van der Waals surface area contributed by atoms with Gasteiger partial charge in [0.1, 0.15) is 11.9 Å². The van der Waals surface area contributed by atoms with E-state index in [9.17, 15) is 9.59 Å². The lowest BCUT2D eigenvalue weighted by Crippen LogP contribution is -2.31. The normalized spacial score (nSPS) is 19.1. The van der Waals surface area contributed by atoms with Gasteiger partial charge >= 0.3 is 5.97 Å². The van der Waals surface area contributed by atoms with Gasteiger partial charge in [0, 0.05) is 6.54 Å². The lowest BCUT2D eigenvalue weighted by molar-refractivity contribution is 0.00596. The van der Waals surface area contributed by atoms with Crippen molar-refractivity contribution in [2.75, 3.05) is 6.54 Å². The van der Waals surface area contributed by atoms with Crippen LogP contribution in [0, 0.1) is 0 Å². The van der Waals surface area contributed by atoms with E-state index in [1.807, 2.05) is 54.5 Å². The van der Waals surface area contributed by atoms with Crippen LogP contribution in [0.15, 0.2) is 30.6 Å². The fraction of sp³-hybridized carbons (Fsp3) is 0.421. The van der Waals surface area contributed by atoms with Crippen LogP contribution in [0.3, 0.4) is 0 Å². The molecule has 0 N–H and O–H groups in total. The van der Waals surface area contributed by atoms with Gasteiger partial charge in [-0.1, -0.05) is 12.1 Å². The van der Waals surface area contributed by atoms with Crippen molar-refractivity contribution >= 4 is 11.9 Å². The van der Waals surface area contributed by atoms with E-state index in [2.05, 4.69) is 4.98 Å². The van der Waals surface area contributed by atoms with E-state index >= 15 is 0 Å². The molecule has 0 unspecified atom stereocenters. The molecule has 3 heterocycles. The number of imidazole rings is 1. The lowest BCUT2D eigenvalue weighted by atomic mass is 10.1. The number of benzene rings is 1. The van der Waals surface area contributed by atoms with E-state index in [1.54, 1.807) is 6.33 Å². The second kappa shape index (κ2) is 5.44. The van der Waals surface area contributed by atoms with Crippen molar-refractivity contribution in [3.05, 3.63) is 47.5 Å². The quantitative estimate of drug-likeness (QED) is 0.749. The number of para-hydroxylation sites is 1. The molecular formula is C19H21N3O3. The van der Waals surface area contributed by atoms with Gasteiger partial charge in [0.25, 0.3) is 5.91 Å². The van der Waals surface area contributed by atoms with Crippen molar-refractivity contribution < 1.29 is 14.3 Å². The Balaban J connectivity index is 1.90.